The van der Waals surface area contributed by atoms with Gasteiger partial charge in [0.25, 0.3) is 0 Å². The Morgan fingerprint density at radius 3 is 2.42 bits per heavy atom. The molecule has 1 saturated heterocycles. The minimum Gasteiger partial charge on any atom is -0.393 e. The number of piperidine rings is 1. The Bertz CT molecular complexity index is 311. The second kappa shape index (κ2) is 6.23. The molecule has 4 atom stereocenters. The monoisotopic (exact) mass is 268 g/mol. The van der Waals surface area contributed by atoms with Gasteiger partial charge in [0, 0.05) is 25.0 Å². The molecule has 1 aliphatic heterocycles. The molecule has 2 aliphatic rings. The number of hydrogen-bond acceptors (Lipinski definition) is 3. The third-order valence-electron chi connectivity index (χ3n) is 5.06. The molecule has 1 amide bonds. The number of amides is 1. The van der Waals surface area contributed by atoms with Crippen molar-refractivity contribution in [2.45, 2.75) is 58.1 Å². The van der Waals surface area contributed by atoms with Crippen LogP contribution < -0.4 is 5.73 Å². The Labute approximate surface area is 116 Å². The van der Waals surface area contributed by atoms with Crippen molar-refractivity contribution in [3.63, 3.8) is 0 Å². The van der Waals surface area contributed by atoms with E-state index in [9.17, 15) is 9.90 Å². The minimum atomic E-state index is -0.246. The number of nitrogens with zero attached hydrogens (tertiary/aromatic N) is 1. The van der Waals surface area contributed by atoms with Crippen molar-refractivity contribution >= 4 is 5.91 Å². The quantitative estimate of drug-likeness (QED) is 0.795. The summed E-state index contributed by atoms with van der Waals surface area (Å²) in [5, 5.41) is 9.60. The van der Waals surface area contributed by atoms with E-state index in [4.69, 9.17) is 5.73 Å². The first-order valence-electron chi connectivity index (χ1n) is 7.71. The number of carbonyl (C=O) groups is 1. The van der Waals surface area contributed by atoms with Gasteiger partial charge in [-0.1, -0.05) is 6.92 Å². The van der Waals surface area contributed by atoms with Gasteiger partial charge in [-0.15, -0.1) is 0 Å². The lowest BCUT2D eigenvalue weighted by atomic mass is 9.77. The molecule has 1 heterocycles. The summed E-state index contributed by atoms with van der Waals surface area (Å²) in [7, 11) is 0. The molecule has 4 unspecified atom stereocenters. The molecule has 4 heteroatoms. The zero-order chi connectivity index (χ0) is 14.0. The smallest absolute Gasteiger partial charge is 0.225 e. The van der Waals surface area contributed by atoms with Crippen LogP contribution in [-0.2, 0) is 4.79 Å². The van der Waals surface area contributed by atoms with Crippen molar-refractivity contribution in [1.82, 2.24) is 4.90 Å². The largest absolute Gasteiger partial charge is 0.393 e. The van der Waals surface area contributed by atoms with E-state index in [2.05, 4.69) is 6.92 Å². The Hall–Kier alpha value is -0.610. The second-order valence-corrected chi connectivity index (χ2v) is 6.56. The predicted molar refractivity (Wildman–Crippen MR) is 75.5 cm³/mol. The second-order valence-electron chi connectivity index (χ2n) is 6.56. The molecule has 110 valence electrons. The summed E-state index contributed by atoms with van der Waals surface area (Å²) in [6.45, 7) is 5.63. The molecule has 0 aromatic heterocycles. The lowest BCUT2D eigenvalue weighted by Crippen LogP contribution is -2.46. The molecule has 0 spiro atoms. The first-order chi connectivity index (χ1) is 8.99. The van der Waals surface area contributed by atoms with Crippen LogP contribution in [-0.4, -0.2) is 41.1 Å². The zero-order valence-corrected chi connectivity index (χ0v) is 12.2. The highest BCUT2D eigenvalue weighted by molar-refractivity contribution is 5.79. The maximum atomic E-state index is 12.6. The summed E-state index contributed by atoms with van der Waals surface area (Å²) in [5.41, 5.74) is 5.96. The normalized spacial score (nSPS) is 35.2. The van der Waals surface area contributed by atoms with E-state index < -0.39 is 0 Å². The van der Waals surface area contributed by atoms with Crippen molar-refractivity contribution in [3.05, 3.63) is 0 Å². The van der Waals surface area contributed by atoms with Crippen LogP contribution in [0.1, 0.15) is 46.0 Å². The third kappa shape index (κ3) is 3.48. The SMILES string of the molecule is CC(O)C1CCN(C(=O)C2CCC(N)CC2C)CC1. The van der Waals surface area contributed by atoms with Gasteiger partial charge in [0.15, 0.2) is 0 Å². The Balaban J connectivity index is 1.87. The molecule has 4 nitrogen and oxygen atoms in total. The maximum Gasteiger partial charge on any atom is 0.225 e. The van der Waals surface area contributed by atoms with Crippen molar-refractivity contribution in [2.24, 2.45) is 23.5 Å². The van der Waals surface area contributed by atoms with Gasteiger partial charge in [0.2, 0.25) is 5.91 Å². The van der Waals surface area contributed by atoms with Crippen LogP contribution >= 0.6 is 0 Å². The highest BCUT2D eigenvalue weighted by Crippen LogP contribution is 2.32. The van der Waals surface area contributed by atoms with Crippen LogP contribution in [0.15, 0.2) is 0 Å². The third-order valence-corrected chi connectivity index (χ3v) is 5.06. The number of carbonyl (C=O) groups excluding carboxylic acids is 1. The molecule has 2 rings (SSSR count). The van der Waals surface area contributed by atoms with E-state index in [1.165, 1.54) is 0 Å². The summed E-state index contributed by atoms with van der Waals surface area (Å²) in [6, 6.07) is 0.278. The molecule has 0 aromatic rings. The predicted octanol–water partition coefficient (Wildman–Crippen LogP) is 1.37. The molecular weight excluding hydrogens is 240 g/mol. The summed E-state index contributed by atoms with van der Waals surface area (Å²) in [5.74, 6) is 1.26. The Morgan fingerprint density at radius 2 is 1.89 bits per heavy atom. The van der Waals surface area contributed by atoms with E-state index >= 15 is 0 Å². The highest BCUT2D eigenvalue weighted by Gasteiger charge is 2.35. The Morgan fingerprint density at radius 1 is 1.26 bits per heavy atom. The molecule has 1 saturated carbocycles. The summed E-state index contributed by atoms with van der Waals surface area (Å²) < 4.78 is 0. The Kier molecular flexibility index (Phi) is 4.85. The van der Waals surface area contributed by atoms with Crippen LogP contribution in [0.2, 0.25) is 0 Å². The summed E-state index contributed by atoms with van der Waals surface area (Å²) >= 11 is 0. The fourth-order valence-electron chi connectivity index (χ4n) is 3.64. The van der Waals surface area contributed by atoms with Gasteiger partial charge in [-0.3, -0.25) is 4.79 Å². The number of nitrogens with two attached hydrogens (primary N) is 1. The van der Waals surface area contributed by atoms with Crippen LogP contribution in [0.4, 0.5) is 0 Å². The van der Waals surface area contributed by atoms with E-state index in [-0.39, 0.29) is 18.1 Å². The summed E-state index contributed by atoms with van der Waals surface area (Å²) in [4.78, 5) is 14.6. The average molecular weight is 268 g/mol. The van der Waals surface area contributed by atoms with Crippen LogP contribution in [0.5, 0.6) is 0 Å². The van der Waals surface area contributed by atoms with E-state index in [1.54, 1.807) is 0 Å². The van der Waals surface area contributed by atoms with Gasteiger partial charge in [-0.25, -0.2) is 0 Å². The topological polar surface area (TPSA) is 66.6 Å². The van der Waals surface area contributed by atoms with Crippen molar-refractivity contribution in [1.29, 1.82) is 0 Å². The molecule has 0 radical (unpaired) electrons. The van der Waals surface area contributed by atoms with Gasteiger partial charge < -0.3 is 15.7 Å². The minimum absolute atomic E-state index is 0.169. The lowest BCUT2D eigenvalue weighted by molar-refractivity contribution is -0.140. The van der Waals surface area contributed by atoms with Crippen LogP contribution in [0.3, 0.4) is 0 Å². The molecule has 3 N–H and O–H groups in total. The van der Waals surface area contributed by atoms with Crippen LogP contribution in [0.25, 0.3) is 0 Å². The fraction of sp³-hybridized carbons (Fsp3) is 0.933. The highest BCUT2D eigenvalue weighted by atomic mass is 16.3. The van der Waals surface area contributed by atoms with Gasteiger partial charge >= 0.3 is 0 Å². The number of hydrogen-bond donors (Lipinski definition) is 2. The number of likely N-dealkylation sites (tertiary alicyclic amines) is 1. The standard InChI is InChI=1S/C15H28N2O2/c1-10-9-13(16)3-4-14(10)15(19)17-7-5-12(6-8-17)11(2)18/h10-14,18H,3-9,16H2,1-2H3. The molecule has 0 bridgehead atoms. The first kappa shape index (κ1) is 14.8. The van der Waals surface area contributed by atoms with Crippen molar-refractivity contribution in [2.75, 3.05) is 13.1 Å². The molecule has 2 fully saturated rings. The maximum absolute atomic E-state index is 12.6. The molecule has 0 aromatic carbocycles. The average Bonchev–Trinajstić information content (AvgIpc) is 2.38. The van der Waals surface area contributed by atoms with Gasteiger partial charge in [0.05, 0.1) is 6.10 Å². The van der Waals surface area contributed by atoms with Gasteiger partial charge in [-0.2, -0.15) is 0 Å². The van der Waals surface area contributed by atoms with E-state index in [0.29, 0.717) is 17.7 Å². The van der Waals surface area contributed by atoms with E-state index in [1.807, 2.05) is 11.8 Å². The van der Waals surface area contributed by atoms with Gasteiger partial charge in [0.1, 0.15) is 0 Å². The number of aliphatic hydroxyl groups excluding tert-OH is 1. The lowest BCUT2D eigenvalue weighted by Gasteiger charge is -2.38. The van der Waals surface area contributed by atoms with Crippen molar-refractivity contribution < 1.29 is 9.90 Å². The molecule has 19 heavy (non-hydrogen) atoms. The molecular formula is C15H28N2O2. The first-order valence-corrected chi connectivity index (χ1v) is 7.71. The molecule has 1 aliphatic carbocycles. The number of aliphatic hydroxyl groups is 1. The zero-order valence-electron chi connectivity index (χ0n) is 12.2. The summed E-state index contributed by atoms with van der Waals surface area (Å²) in [6.07, 6.45) is 4.51. The van der Waals surface area contributed by atoms with Crippen LogP contribution in [0, 0.1) is 17.8 Å². The fourth-order valence-corrected chi connectivity index (χ4v) is 3.64. The van der Waals surface area contributed by atoms with Crippen molar-refractivity contribution in [3.8, 4) is 0 Å². The van der Waals surface area contributed by atoms with E-state index in [0.717, 1.165) is 45.2 Å². The number of rotatable bonds is 2. The van der Waals surface area contributed by atoms with Gasteiger partial charge in [-0.05, 0) is 50.9 Å².